The van der Waals surface area contributed by atoms with Gasteiger partial charge >= 0.3 is 5.97 Å². The number of cyclic esters (lactones) is 1. The lowest BCUT2D eigenvalue weighted by Gasteiger charge is -2.30. The first-order chi connectivity index (χ1) is 12.8. The minimum Gasteiger partial charge on any atom is -0.465 e. The molecule has 0 spiro atoms. The van der Waals surface area contributed by atoms with Crippen LogP contribution in [0.4, 0.5) is 16.2 Å². The minimum absolute atomic E-state index is 0.0581. The van der Waals surface area contributed by atoms with Crippen LogP contribution in [-0.2, 0) is 14.3 Å². The summed E-state index contributed by atoms with van der Waals surface area (Å²) in [6.07, 6.45) is 1.61. The summed E-state index contributed by atoms with van der Waals surface area (Å²) >= 11 is 0. The van der Waals surface area contributed by atoms with Crippen molar-refractivity contribution < 1.29 is 18.7 Å². The first-order valence-corrected chi connectivity index (χ1v) is 9.14. The van der Waals surface area contributed by atoms with Crippen molar-refractivity contribution in [1.29, 1.82) is 0 Å². The third kappa shape index (κ3) is 4.64. The number of amides is 1. The smallest absolute Gasteiger partial charge is 0.306 e. The van der Waals surface area contributed by atoms with Crippen LogP contribution in [0.1, 0.15) is 19.3 Å². The second-order valence-electron chi connectivity index (χ2n) is 7.48. The molecule has 2 fully saturated rings. The first-order valence-electron chi connectivity index (χ1n) is 9.14. The van der Waals surface area contributed by atoms with Gasteiger partial charge in [0.2, 0.25) is 11.9 Å². The van der Waals surface area contributed by atoms with Crippen LogP contribution >= 0.6 is 0 Å². The fraction of sp³-hybridized carbons (Fsp3) is 0.667. The van der Waals surface area contributed by atoms with Crippen LogP contribution in [0, 0.1) is 5.92 Å². The molecule has 9 heteroatoms. The number of hydrogen-bond donors (Lipinski definition) is 0. The average molecular weight is 379 g/mol. The largest absolute Gasteiger partial charge is 0.465 e. The van der Waals surface area contributed by atoms with Crippen LogP contribution in [0.3, 0.4) is 0 Å². The maximum atomic E-state index is 14.1. The van der Waals surface area contributed by atoms with Gasteiger partial charge in [-0.05, 0) is 6.07 Å². The summed E-state index contributed by atoms with van der Waals surface area (Å²) in [5.74, 6) is 0.847. The Morgan fingerprint density at radius 3 is 2.85 bits per heavy atom. The van der Waals surface area contributed by atoms with Crippen molar-refractivity contribution in [2.45, 2.75) is 31.5 Å². The van der Waals surface area contributed by atoms with Gasteiger partial charge in [0, 0.05) is 52.6 Å². The lowest BCUT2D eigenvalue weighted by molar-refractivity contribution is -0.138. The molecule has 0 aromatic carbocycles. The third-order valence-corrected chi connectivity index (χ3v) is 4.99. The van der Waals surface area contributed by atoms with Crippen LogP contribution in [0.25, 0.3) is 0 Å². The van der Waals surface area contributed by atoms with E-state index >= 15 is 0 Å². The number of carbonyl (C=O) groups is 2. The van der Waals surface area contributed by atoms with Crippen LogP contribution in [0.5, 0.6) is 0 Å². The fourth-order valence-corrected chi connectivity index (χ4v) is 3.54. The van der Waals surface area contributed by atoms with Crippen LogP contribution in [0.15, 0.2) is 12.3 Å². The van der Waals surface area contributed by atoms with E-state index in [1.54, 1.807) is 29.1 Å². The van der Waals surface area contributed by atoms with Gasteiger partial charge in [0.1, 0.15) is 12.0 Å². The van der Waals surface area contributed by atoms with Crippen molar-refractivity contribution in [3.05, 3.63) is 12.3 Å². The number of halogens is 1. The zero-order chi connectivity index (χ0) is 19.6. The number of esters is 1. The predicted molar refractivity (Wildman–Crippen MR) is 98.3 cm³/mol. The maximum absolute atomic E-state index is 14.1. The lowest BCUT2D eigenvalue weighted by atomic mass is 10.0. The van der Waals surface area contributed by atoms with Crippen LogP contribution in [-0.4, -0.2) is 79.8 Å². The van der Waals surface area contributed by atoms with Gasteiger partial charge in [-0.3, -0.25) is 9.59 Å². The van der Waals surface area contributed by atoms with Crippen LogP contribution in [0.2, 0.25) is 0 Å². The van der Waals surface area contributed by atoms with Gasteiger partial charge in [0.25, 0.3) is 0 Å². The van der Waals surface area contributed by atoms with Gasteiger partial charge in [0.05, 0.1) is 25.6 Å². The highest BCUT2D eigenvalue weighted by Crippen LogP contribution is 2.27. The molecule has 0 N–H and O–H groups in total. The monoisotopic (exact) mass is 379 g/mol. The number of anilines is 2. The number of nitrogens with zero attached hydrogens (tertiary/aromatic N) is 5. The van der Waals surface area contributed by atoms with Crippen molar-refractivity contribution in [2.75, 3.05) is 50.6 Å². The summed E-state index contributed by atoms with van der Waals surface area (Å²) in [6, 6.07) is 1.61. The van der Waals surface area contributed by atoms with E-state index < -0.39 is 6.17 Å². The summed E-state index contributed by atoms with van der Waals surface area (Å²) in [4.78, 5) is 37.7. The zero-order valence-corrected chi connectivity index (χ0v) is 16.0. The Labute approximate surface area is 158 Å². The highest BCUT2D eigenvalue weighted by molar-refractivity contribution is 5.78. The summed E-state index contributed by atoms with van der Waals surface area (Å²) in [7, 11) is 5.42. The average Bonchev–Trinajstić information content (AvgIpc) is 3.20. The predicted octanol–water partition coefficient (Wildman–Crippen LogP) is 0.871. The normalized spacial score (nSPS) is 24.8. The Kier molecular flexibility index (Phi) is 5.76. The van der Waals surface area contributed by atoms with E-state index in [4.69, 9.17) is 4.74 Å². The molecule has 148 valence electrons. The Bertz CT molecular complexity index is 701. The Balaban J connectivity index is 1.64. The lowest BCUT2D eigenvalue weighted by Crippen LogP contribution is -2.42. The number of alkyl halides is 1. The van der Waals surface area contributed by atoms with Gasteiger partial charge in [-0.15, -0.1) is 0 Å². The van der Waals surface area contributed by atoms with E-state index in [0.29, 0.717) is 31.3 Å². The number of carbonyl (C=O) groups excluding carboxylic acids is 2. The maximum Gasteiger partial charge on any atom is 0.306 e. The van der Waals surface area contributed by atoms with E-state index in [9.17, 15) is 14.0 Å². The zero-order valence-electron chi connectivity index (χ0n) is 16.0. The molecule has 3 heterocycles. The summed E-state index contributed by atoms with van der Waals surface area (Å²) in [5.41, 5.74) is 0. The molecule has 3 atom stereocenters. The van der Waals surface area contributed by atoms with Crippen molar-refractivity contribution in [3.8, 4) is 0 Å². The fourth-order valence-electron chi connectivity index (χ4n) is 3.54. The quantitative estimate of drug-likeness (QED) is 0.679. The standard InChI is InChI=1S/C18H26FN5O3/c1-22(2)18-20-5-4-15(21-18)24-9-13(19)8-14(24)10-23(3)16(25)6-12-7-17(26)27-11-12/h4-5,12-14H,6-11H2,1-3H3/t12-,13+,14+/m1/s1. The highest BCUT2D eigenvalue weighted by Gasteiger charge is 2.35. The third-order valence-electron chi connectivity index (χ3n) is 4.99. The Morgan fingerprint density at radius 2 is 2.19 bits per heavy atom. The molecule has 2 aliphatic rings. The van der Waals surface area contributed by atoms with E-state index in [1.807, 2.05) is 19.0 Å². The molecule has 0 radical (unpaired) electrons. The molecule has 0 bridgehead atoms. The van der Waals surface area contributed by atoms with E-state index in [-0.39, 0.29) is 43.2 Å². The molecule has 1 amide bonds. The number of likely N-dealkylation sites (N-methyl/N-ethyl adjacent to an activating group) is 1. The number of rotatable bonds is 6. The molecule has 3 rings (SSSR count). The van der Waals surface area contributed by atoms with Gasteiger partial charge in [-0.2, -0.15) is 4.98 Å². The highest BCUT2D eigenvalue weighted by atomic mass is 19.1. The molecule has 8 nitrogen and oxygen atoms in total. The topological polar surface area (TPSA) is 78.9 Å². The minimum atomic E-state index is -0.961. The Hall–Kier alpha value is -2.45. The first kappa shape index (κ1) is 19.3. The molecule has 0 aliphatic carbocycles. The molecular weight excluding hydrogens is 353 g/mol. The van der Waals surface area contributed by atoms with Gasteiger partial charge < -0.3 is 19.4 Å². The second-order valence-corrected chi connectivity index (χ2v) is 7.48. The van der Waals surface area contributed by atoms with Crippen molar-refractivity contribution >= 4 is 23.6 Å². The van der Waals surface area contributed by atoms with Crippen LogP contribution < -0.4 is 9.80 Å². The Morgan fingerprint density at radius 1 is 1.41 bits per heavy atom. The molecular formula is C18H26FN5O3. The van der Waals surface area contributed by atoms with E-state index in [1.165, 1.54) is 0 Å². The SMILES string of the molecule is CN(C[C@@H]1C[C@H](F)CN1c1ccnc(N(C)C)n1)C(=O)C[C@H]1COC(=O)C1. The van der Waals surface area contributed by atoms with Crippen molar-refractivity contribution in [1.82, 2.24) is 14.9 Å². The molecule has 2 aliphatic heterocycles. The summed E-state index contributed by atoms with van der Waals surface area (Å²) in [6.45, 7) is 0.957. The number of aromatic nitrogens is 2. The molecule has 0 saturated carbocycles. The van der Waals surface area contributed by atoms with E-state index in [2.05, 4.69) is 9.97 Å². The summed E-state index contributed by atoms with van der Waals surface area (Å²) < 4.78 is 19.1. The van der Waals surface area contributed by atoms with Gasteiger partial charge in [-0.1, -0.05) is 0 Å². The second kappa shape index (κ2) is 8.06. The molecule has 1 aromatic heterocycles. The van der Waals surface area contributed by atoms with Gasteiger partial charge in [-0.25, -0.2) is 9.37 Å². The molecule has 1 aromatic rings. The van der Waals surface area contributed by atoms with Crippen molar-refractivity contribution in [3.63, 3.8) is 0 Å². The molecule has 2 saturated heterocycles. The molecule has 27 heavy (non-hydrogen) atoms. The number of ether oxygens (including phenoxy) is 1. The molecule has 0 unspecified atom stereocenters. The van der Waals surface area contributed by atoms with Crippen molar-refractivity contribution in [2.24, 2.45) is 5.92 Å². The van der Waals surface area contributed by atoms with E-state index in [0.717, 1.165) is 0 Å². The van der Waals surface area contributed by atoms with Gasteiger partial charge in [0.15, 0.2) is 0 Å². The number of hydrogen-bond acceptors (Lipinski definition) is 7. The summed E-state index contributed by atoms with van der Waals surface area (Å²) in [5, 5.41) is 0.